The molecule has 106 valence electrons. The predicted octanol–water partition coefficient (Wildman–Crippen LogP) is 2.53. The fraction of sp³-hybridized carbons (Fsp3) is 0.438. The molecule has 0 aliphatic carbocycles. The van der Waals surface area contributed by atoms with E-state index in [1.807, 2.05) is 32.0 Å². The van der Waals surface area contributed by atoms with Gasteiger partial charge in [0.15, 0.2) is 0 Å². The van der Waals surface area contributed by atoms with Crippen molar-refractivity contribution in [2.45, 2.75) is 31.4 Å². The van der Waals surface area contributed by atoms with E-state index in [1.165, 1.54) is 0 Å². The van der Waals surface area contributed by atoms with E-state index in [-0.39, 0.29) is 10.7 Å². The molecule has 1 heterocycles. The van der Waals surface area contributed by atoms with Crippen molar-refractivity contribution in [1.82, 2.24) is 0 Å². The maximum absolute atomic E-state index is 12.4. The van der Waals surface area contributed by atoms with Gasteiger partial charge in [0.25, 0.3) is 0 Å². The molecule has 3 nitrogen and oxygen atoms in total. The number of rotatable bonds is 2. The molecule has 1 amide bonds. The van der Waals surface area contributed by atoms with Crippen molar-refractivity contribution in [3.63, 3.8) is 0 Å². The van der Waals surface area contributed by atoms with Crippen LogP contribution in [0.1, 0.15) is 30.9 Å². The van der Waals surface area contributed by atoms with Gasteiger partial charge < -0.3 is 11.1 Å². The summed E-state index contributed by atoms with van der Waals surface area (Å²) in [7, 11) is 0. The number of aryl methyl sites for hydroxylation is 1. The fourth-order valence-corrected chi connectivity index (χ4v) is 3.46. The largest absolute Gasteiger partial charge is 0.325 e. The SMILES string of the molecule is Cc1cc(C#CCN)ccc1NC(=O)C1(C)CCCS1. The van der Waals surface area contributed by atoms with Crippen LogP contribution in [0.2, 0.25) is 0 Å². The van der Waals surface area contributed by atoms with E-state index in [2.05, 4.69) is 17.2 Å². The molecule has 1 aliphatic rings. The molecule has 1 atom stereocenters. The average molecular weight is 288 g/mol. The number of amides is 1. The van der Waals surface area contributed by atoms with Gasteiger partial charge in [-0.2, -0.15) is 0 Å². The Morgan fingerprint density at radius 1 is 1.55 bits per heavy atom. The Hall–Kier alpha value is -1.44. The number of benzene rings is 1. The average Bonchev–Trinajstić information content (AvgIpc) is 2.87. The van der Waals surface area contributed by atoms with Gasteiger partial charge in [0.2, 0.25) is 5.91 Å². The van der Waals surface area contributed by atoms with E-state index < -0.39 is 0 Å². The van der Waals surface area contributed by atoms with Gasteiger partial charge in [-0.3, -0.25) is 4.79 Å². The van der Waals surface area contributed by atoms with E-state index in [9.17, 15) is 4.79 Å². The molecular formula is C16H20N2OS. The molecule has 1 aromatic carbocycles. The van der Waals surface area contributed by atoms with Gasteiger partial charge in [-0.05, 0) is 56.2 Å². The summed E-state index contributed by atoms with van der Waals surface area (Å²) in [5, 5.41) is 3.04. The van der Waals surface area contributed by atoms with E-state index in [4.69, 9.17) is 5.73 Å². The Kier molecular flexibility index (Phi) is 4.74. The summed E-state index contributed by atoms with van der Waals surface area (Å²) in [5.74, 6) is 6.99. The van der Waals surface area contributed by atoms with E-state index in [1.54, 1.807) is 11.8 Å². The molecule has 1 fully saturated rings. The van der Waals surface area contributed by atoms with Crippen LogP contribution in [0, 0.1) is 18.8 Å². The van der Waals surface area contributed by atoms with Crippen molar-refractivity contribution >= 4 is 23.4 Å². The molecule has 1 aliphatic heterocycles. The minimum Gasteiger partial charge on any atom is -0.325 e. The van der Waals surface area contributed by atoms with Crippen molar-refractivity contribution in [2.75, 3.05) is 17.6 Å². The molecule has 0 aromatic heterocycles. The van der Waals surface area contributed by atoms with E-state index >= 15 is 0 Å². The van der Waals surface area contributed by atoms with Crippen molar-refractivity contribution in [3.8, 4) is 11.8 Å². The fourth-order valence-electron chi connectivity index (χ4n) is 2.25. The second-order valence-electron chi connectivity index (χ2n) is 5.17. The molecular weight excluding hydrogens is 268 g/mol. The standard InChI is InChI=1S/C16H20N2OS/c1-12-11-13(5-3-9-17)6-7-14(12)18-15(19)16(2)8-4-10-20-16/h6-7,11H,4,8-10,17H2,1-2H3,(H,18,19). The summed E-state index contributed by atoms with van der Waals surface area (Å²) in [6, 6.07) is 5.80. The van der Waals surface area contributed by atoms with Crippen molar-refractivity contribution in [2.24, 2.45) is 5.73 Å². The minimum absolute atomic E-state index is 0.101. The first-order valence-corrected chi connectivity index (χ1v) is 7.79. The molecule has 1 unspecified atom stereocenters. The molecule has 4 heteroatoms. The zero-order chi connectivity index (χ0) is 14.6. The lowest BCUT2D eigenvalue weighted by molar-refractivity contribution is -0.118. The molecule has 1 aromatic rings. The number of nitrogens with one attached hydrogen (secondary N) is 1. The molecule has 20 heavy (non-hydrogen) atoms. The van der Waals surface area contributed by atoms with Crippen LogP contribution in [0.25, 0.3) is 0 Å². The summed E-state index contributed by atoms with van der Waals surface area (Å²) < 4.78 is -0.287. The van der Waals surface area contributed by atoms with Crippen LogP contribution < -0.4 is 11.1 Å². The number of nitrogens with two attached hydrogens (primary N) is 1. The number of anilines is 1. The maximum atomic E-state index is 12.4. The third-order valence-electron chi connectivity index (χ3n) is 3.51. The lowest BCUT2D eigenvalue weighted by Crippen LogP contribution is -2.34. The van der Waals surface area contributed by atoms with Crippen LogP contribution in [0.4, 0.5) is 5.69 Å². The maximum Gasteiger partial charge on any atom is 0.240 e. The van der Waals surface area contributed by atoms with E-state index in [0.717, 1.165) is 35.4 Å². The Balaban J connectivity index is 2.12. The zero-order valence-electron chi connectivity index (χ0n) is 12.0. The highest BCUT2D eigenvalue weighted by atomic mass is 32.2. The minimum atomic E-state index is -0.287. The summed E-state index contributed by atoms with van der Waals surface area (Å²) in [6.45, 7) is 4.36. The summed E-state index contributed by atoms with van der Waals surface area (Å²) >= 11 is 1.74. The topological polar surface area (TPSA) is 55.1 Å². The molecule has 0 saturated carbocycles. The Morgan fingerprint density at radius 3 is 2.95 bits per heavy atom. The highest BCUT2D eigenvalue weighted by Crippen LogP contribution is 2.38. The number of carbonyl (C=O) groups is 1. The van der Waals surface area contributed by atoms with E-state index in [0.29, 0.717) is 6.54 Å². The lowest BCUT2D eigenvalue weighted by atomic mass is 10.0. The molecule has 1 saturated heterocycles. The first kappa shape index (κ1) is 15.0. The van der Waals surface area contributed by atoms with Gasteiger partial charge in [-0.1, -0.05) is 11.8 Å². The van der Waals surface area contributed by atoms with Crippen LogP contribution in [-0.4, -0.2) is 23.0 Å². The molecule has 0 spiro atoms. The second-order valence-corrected chi connectivity index (χ2v) is 6.77. The number of hydrogen-bond donors (Lipinski definition) is 2. The van der Waals surface area contributed by atoms with Crippen LogP contribution in [0.3, 0.4) is 0 Å². The van der Waals surface area contributed by atoms with Crippen molar-refractivity contribution in [1.29, 1.82) is 0 Å². The molecule has 0 radical (unpaired) electrons. The van der Waals surface area contributed by atoms with Gasteiger partial charge in [-0.25, -0.2) is 0 Å². The van der Waals surface area contributed by atoms with Gasteiger partial charge in [0, 0.05) is 11.3 Å². The predicted molar refractivity (Wildman–Crippen MR) is 85.8 cm³/mol. The Morgan fingerprint density at radius 2 is 2.35 bits per heavy atom. The number of carbonyl (C=O) groups excluding carboxylic acids is 1. The summed E-state index contributed by atoms with van der Waals surface area (Å²) in [6.07, 6.45) is 2.06. The molecule has 2 rings (SSSR count). The lowest BCUT2D eigenvalue weighted by Gasteiger charge is -2.22. The third-order valence-corrected chi connectivity index (χ3v) is 5.03. The van der Waals surface area contributed by atoms with Gasteiger partial charge in [0.05, 0.1) is 11.3 Å². The summed E-state index contributed by atoms with van der Waals surface area (Å²) in [5.41, 5.74) is 8.17. The zero-order valence-corrected chi connectivity index (χ0v) is 12.8. The van der Waals surface area contributed by atoms with Gasteiger partial charge in [0.1, 0.15) is 0 Å². The Bertz CT molecular complexity index is 566. The normalized spacial score (nSPS) is 21.1. The Labute approximate surface area is 124 Å². The second kappa shape index (κ2) is 6.34. The summed E-state index contributed by atoms with van der Waals surface area (Å²) in [4.78, 5) is 12.4. The van der Waals surface area contributed by atoms with Gasteiger partial charge in [-0.15, -0.1) is 11.8 Å². The van der Waals surface area contributed by atoms with Crippen LogP contribution in [0.5, 0.6) is 0 Å². The first-order valence-electron chi connectivity index (χ1n) is 6.80. The number of hydrogen-bond acceptors (Lipinski definition) is 3. The van der Waals surface area contributed by atoms with Crippen LogP contribution in [-0.2, 0) is 4.79 Å². The van der Waals surface area contributed by atoms with Crippen molar-refractivity contribution in [3.05, 3.63) is 29.3 Å². The third kappa shape index (κ3) is 3.36. The smallest absolute Gasteiger partial charge is 0.240 e. The highest BCUT2D eigenvalue weighted by molar-refractivity contribution is 8.01. The van der Waals surface area contributed by atoms with Crippen molar-refractivity contribution < 1.29 is 4.79 Å². The molecule has 0 bridgehead atoms. The van der Waals surface area contributed by atoms with Gasteiger partial charge >= 0.3 is 0 Å². The van der Waals surface area contributed by atoms with Crippen LogP contribution >= 0.6 is 11.8 Å². The monoisotopic (exact) mass is 288 g/mol. The quantitative estimate of drug-likeness (QED) is 0.822. The first-order chi connectivity index (χ1) is 9.55. The molecule has 3 N–H and O–H groups in total. The van der Waals surface area contributed by atoms with Crippen LogP contribution in [0.15, 0.2) is 18.2 Å². The number of thioether (sulfide) groups is 1. The highest BCUT2D eigenvalue weighted by Gasteiger charge is 2.37.